The fraction of sp³-hybridized carbons (Fsp3) is 0. The Morgan fingerprint density at radius 3 is 2.83 bits per heavy atom. The lowest BCUT2D eigenvalue weighted by atomic mass is 10.3. The smallest absolute Gasteiger partial charge is 0.328 e. The van der Waals surface area contributed by atoms with E-state index in [-0.39, 0.29) is 17.5 Å². The molecule has 0 bridgehead atoms. The number of aliphatic imine (C=N–C) groups is 2. The molecule has 5 N–H and O–H groups in total. The van der Waals surface area contributed by atoms with Gasteiger partial charge in [-0.2, -0.15) is 9.98 Å². The first-order valence-corrected chi connectivity index (χ1v) is 6.32. The molecule has 0 aliphatic carbocycles. The molecule has 0 aliphatic rings. The van der Waals surface area contributed by atoms with Crippen molar-refractivity contribution in [3.8, 4) is 5.88 Å². The SMILES string of the molecule is NC(N=Cc1c(O)[nH]c(=O)[nH]c1=O)=Nc1nc2ccccc2o1. The van der Waals surface area contributed by atoms with E-state index in [1.54, 1.807) is 24.3 Å². The molecular formula is C13H10N6O4. The van der Waals surface area contributed by atoms with Crippen LogP contribution in [0.25, 0.3) is 11.1 Å². The quantitative estimate of drug-likeness (QED) is 0.383. The fourth-order valence-corrected chi connectivity index (χ4v) is 1.77. The summed E-state index contributed by atoms with van der Waals surface area (Å²) in [4.78, 5) is 38.0. The highest BCUT2D eigenvalue weighted by atomic mass is 16.4. The van der Waals surface area contributed by atoms with Gasteiger partial charge in [0, 0.05) is 6.21 Å². The Morgan fingerprint density at radius 1 is 1.30 bits per heavy atom. The Morgan fingerprint density at radius 2 is 2.09 bits per heavy atom. The van der Waals surface area contributed by atoms with E-state index in [9.17, 15) is 14.7 Å². The van der Waals surface area contributed by atoms with E-state index in [0.29, 0.717) is 11.1 Å². The summed E-state index contributed by atoms with van der Waals surface area (Å²) in [6.45, 7) is 0. The van der Waals surface area contributed by atoms with Crippen molar-refractivity contribution in [2.24, 2.45) is 15.7 Å². The molecule has 3 rings (SSSR count). The molecular weight excluding hydrogens is 304 g/mol. The Hall–Kier alpha value is -3.69. The van der Waals surface area contributed by atoms with Crippen molar-refractivity contribution in [2.45, 2.75) is 0 Å². The molecule has 0 saturated carbocycles. The minimum absolute atomic E-state index is 0.000417. The summed E-state index contributed by atoms with van der Waals surface area (Å²) in [5.74, 6) is -0.876. The Kier molecular flexibility index (Phi) is 3.47. The predicted octanol–water partition coefficient (Wildman–Crippen LogP) is -0.0247. The third-order valence-electron chi connectivity index (χ3n) is 2.78. The highest BCUT2D eigenvalue weighted by molar-refractivity contribution is 5.94. The molecule has 0 spiro atoms. The number of nitrogens with two attached hydrogens (primary N) is 1. The van der Waals surface area contributed by atoms with Gasteiger partial charge in [-0.05, 0) is 12.1 Å². The summed E-state index contributed by atoms with van der Waals surface area (Å²) in [5, 5.41) is 9.49. The van der Waals surface area contributed by atoms with Gasteiger partial charge in [-0.25, -0.2) is 9.79 Å². The summed E-state index contributed by atoms with van der Waals surface area (Å²) in [6, 6.07) is 7.05. The van der Waals surface area contributed by atoms with Crippen molar-refractivity contribution in [1.82, 2.24) is 15.0 Å². The lowest BCUT2D eigenvalue weighted by molar-refractivity contribution is 0.447. The fourth-order valence-electron chi connectivity index (χ4n) is 1.77. The third kappa shape index (κ3) is 3.00. The van der Waals surface area contributed by atoms with Gasteiger partial charge in [-0.1, -0.05) is 12.1 Å². The zero-order chi connectivity index (χ0) is 16.4. The zero-order valence-corrected chi connectivity index (χ0v) is 11.5. The number of fused-ring (bicyclic) bond motifs is 1. The van der Waals surface area contributed by atoms with Crippen LogP contribution in [-0.2, 0) is 0 Å². The van der Waals surface area contributed by atoms with E-state index in [1.807, 2.05) is 9.97 Å². The van der Waals surface area contributed by atoms with Crippen molar-refractivity contribution in [2.75, 3.05) is 0 Å². The number of hydrogen-bond donors (Lipinski definition) is 4. The largest absolute Gasteiger partial charge is 0.494 e. The van der Waals surface area contributed by atoms with E-state index in [2.05, 4.69) is 15.0 Å². The molecule has 0 unspecified atom stereocenters. The monoisotopic (exact) mass is 314 g/mol. The minimum Gasteiger partial charge on any atom is -0.494 e. The molecule has 23 heavy (non-hydrogen) atoms. The molecule has 10 nitrogen and oxygen atoms in total. The van der Waals surface area contributed by atoms with Gasteiger partial charge in [0.05, 0.1) is 0 Å². The second kappa shape index (κ2) is 5.60. The average molecular weight is 314 g/mol. The molecule has 0 amide bonds. The minimum atomic E-state index is -0.835. The van der Waals surface area contributed by atoms with Gasteiger partial charge in [-0.15, -0.1) is 0 Å². The van der Waals surface area contributed by atoms with Crippen LogP contribution in [0.1, 0.15) is 5.56 Å². The Bertz CT molecular complexity index is 1010. The number of para-hydroxylation sites is 2. The van der Waals surface area contributed by atoms with Gasteiger partial charge in [0.25, 0.3) is 5.56 Å². The van der Waals surface area contributed by atoms with Crippen LogP contribution in [0, 0.1) is 0 Å². The number of aromatic amines is 2. The van der Waals surface area contributed by atoms with Crippen molar-refractivity contribution < 1.29 is 9.52 Å². The second-order valence-electron chi connectivity index (χ2n) is 4.36. The zero-order valence-electron chi connectivity index (χ0n) is 11.5. The molecule has 0 aliphatic heterocycles. The van der Waals surface area contributed by atoms with E-state index >= 15 is 0 Å². The van der Waals surface area contributed by atoms with E-state index in [4.69, 9.17) is 10.2 Å². The number of aromatic hydroxyl groups is 1. The van der Waals surface area contributed by atoms with Crippen molar-refractivity contribution in [3.63, 3.8) is 0 Å². The van der Waals surface area contributed by atoms with Crippen molar-refractivity contribution in [3.05, 3.63) is 50.7 Å². The maximum absolute atomic E-state index is 11.5. The van der Waals surface area contributed by atoms with Crippen LogP contribution in [0.5, 0.6) is 5.88 Å². The first-order valence-electron chi connectivity index (χ1n) is 6.32. The number of guanidine groups is 1. The molecule has 0 saturated heterocycles. The molecule has 3 aromatic rings. The number of nitrogens with zero attached hydrogens (tertiary/aromatic N) is 3. The van der Waals surface area contributed by atoms with Crippen LogP contribution in [-0.4, -0.2) is 32.2 Å². The molecule has 116 valence electrons. The van der Waals surface area contributed by atoms with E-state index in [0.717, 1.165) is 6.21 Å². The third-order valence-corrected chi connectivity index (χ3v) is 2.78. The van der Waals surface area contributed by atoms with Crippen molar-refractivity contribution >= 4 is 29.3 Å². The average Bonchev–Trinajstić information content (AvgIpc) is 2.88. The summed E-state index contributed by atoms with van der Waals surface area (Å²) < 4.78 is 5.34. The second-order valence-corrected chi connectivity index (χ2v) is 4.36. The summed E-state index contributed by atoms with van der Waals surface area (Å²) in [5.41, 5.74) is 4.83. The van der Waals surface area contributed by atoms with Gasteiger partial charge < -0.3 is 15.3 Å². The van der Waals surface area contributed by atoms with Crippen LogP contribution in [0.2, 0.25) is 0 Å². The number of H-pyrrole nitrogens is 2. The van der Waals surface area contributed by atoms with Crippen LogP contribution < -0.4 is 17.0 Å². The molecule has 2 aromatic heterocycles. The van der Waals surface area contributed by atoms with Gasteiger partial charge >= 0.3 is 11.7 Å². The van der Waals surface area contributed by atoms with Gasteiger partial charge in [0.15, 0.2) is 5.58 Å². The lowest BCUT2D eigenvalue weighted by Crippen LogP contribution is -2.25. The number of nitrogens with one attached hydrogen (secondary N) is 2. The van der Waals surface area contributed by atoms with Gasteiger partial charge in [-0.3, -0.25) is 14.8 Å². The number of oxazole rings is 1. The standard InChI is InChI=1S/C13H10N6O4/c14-11(15-5-6-9(20)17-12(22)18-10(6)21)19-13-16-7-3-1-2-4-8(7)23-13/h1-5H,(H2,14,16,19)(H3,17,18,20,21,22). The molecule has 0 fully saturated rings. The van der Waals surface area contributed by atoms with E-state index < -0.39 is 17.1 Å². The van der Waals surface area contributed by atoms with E-state index in [1.165, 1.54) is 0 Å². The molecule has 2 heterocycles. The number of rotatable bonds is 2. The number of benzene rings is 1. The first-order chi connectivity index (χ1) is 11.0. The Labute approximate surface area is 127 Å². The first kappa shape index (κ1) is 14.3. The summed E-state index contributed by atoms with van der Waals surface area (Å²) >= 11 is 0. The Balaban J connectivity index is 1.90. The number of aromatic nitrogens is 3. The van der Waals surface area contributed by atoms with Gasteiger partial charge in [0.1, 0.15) is 11.1 Å². The maximum atomic E-state index is 11.5. The summed E-state index contributed by atoms with van der Waals surface area (Å²) in [7, 11) is 0. The predicted molar refractivity (Wildman–Crippen MR) is 82.2 cm³/mol. The number of hydrogen-bond acceptors (Lipinski definition) is 6. The topological polar surface area (TPSA) is 163 Å². The van der Waals surface area contributed by atoms with Gasteiger partial charge in [0.2, 0.25) is 11.8 Å². The summed E-state index contributed by atoms with van der Waals surface area (Å²) in [6.07, 6.45) is 0.964. The normalized spacial score (nSPS) is 12.3. The van der Waals surface area contributed by atoms with Crippen LogP contribution in [0.15, 0.2) is 48.3 Å². The van der Waals surface area contributed by atoms with Crippen LogP contribution >= 0.6 is 0 Å². The highest BCUT2D eigenvalue weighted by Gasteiger charge is 2.06. The molecule has 10 heteroatoms. The molecule has 0 atom stereocenters. The lowest BCUT2D eigenvalue weighted by Gasteiger charge is -1.95. The van der Waals surface area contributed by atoms with Crippen LogP contribution in [0.4, 0.5) is 6.01 Å². The molecule has 1 aromatic carbocycles. The molecule has 0 radical (unpaired) electrons. The highest BCUT2D eigenvalue weighted by Crippen LogP contribution is 2.20. The maximum Gasteiger partial charge on any atom is 0.328 e. The van der Waals surface area contributed by atoms with Crippen molar-refractivity contribution in [1.29, 1.82) is 0 Å². The van der Waals surface area contributed by atoms with Crippen LogP contribution in [0.3, 0.4) is 0 Å².